The van der Waals surface area contributed by atoms with Crippen LogP contribution in [0.3, 0.4) is 0 Å². The third-order valence-corrected chi connectivity index (χ3v) is 5.79. The van der Waals surface area contributed by atoms with Crippen LogP contribution < -0.4 is 10.2 Å². The Morgan fingerprint density at radius 1 is 1.16 bits per heavy atom. The average Bonchev–Trinajstić information content (AvgIpc) is 2.86. The fourth-order valence-electron chi connectivity index (χ4n) is 3.70. The number of pyridine rings is 1. The van der Waals surface area contributed by atoms with E-state index in [2.05, 4.69) is 10.3 Å². The molecule has 0 fully saturated rings. The van der Waals surface area contributed by atoms with Gasteiger partial charge < -0.3 is 25.5 Å². The second kappa shape index (κ2) is 11.4. The SMILES string of the molecule is COCCN(C)c1ccc(-c2cc(C(=O)O)nc(Nc3cccc(C(F)(F)F)c3)c2C(=N)C(C)C)cc1. The zero-order valence-electron chi connectivity index (χ0n) is 21.0. The number of nitrogens with zero attached hydrogens (tertiary/aromatic N) is 2. The van der Waals surface area contributed by atoms with Crippen molar-refractivity contribution < 1.29 is 27.8 Å². The molecule has 3 aromatic rings. The zero-order valence-corrected chi connectivity index (χ0v) is 21.0. The van der Waals surface area contributed by atoms with Gasteiger partial charge in [0, 0.05) is 43.4 Å². The Kier molecular flexibility index (Phi) is 8.54. The van der Waals surface area contributed by atoms with Gasteiger partial charge in [0.2, 0.25) is 0 Å². The molecule has 1 heterocycles. The van der Waals surface area contributed by atoms with Crippen molar-refractivity contribution in [3.63, 3.8) is 0 Å². The maximum atomic E-state index is 13.3. The number of aromatic nitrogens is 1. The standard InChI is InChI=1S/C27H29F3N4O3/c1-16(2)24(31)23-21(17-8-10-20(11-9-17)34(3)12-13-37-4)15-22(26(35)36)33-25(23)32-19-7-5-6-18(14-19)27(28,29)30/h5-11,14-16,31H,12-13H2,1-4H3,(H,32,33)(H,35,36). The number of benzene rings is 2. The predicted octanol–water partition coefficient (Wildman–Crippen LogP) is 6.32. The van der Waals surface area contributed by atoms with Crippen molar-refractivity contribution in [1.82, 2.24) is 4.98 Å². The summed E-state index contributed by atoms with van der Waals surface area (Å²) in [5.74, 6) is -1.57. The van der Waals surface area contributed by atoms with Crippen LogP contribution in [0.1, 0.15) is 35.5 Å². The number of alkyl halides is 3. The van der Waals surface area contributed by atoms with Crippen LogP contribution in [0.2, 0.25) is 0 Å². The van der Waals surface area contributed by atoms with Crippen LogP contribution in [0.15, 0.2) is 54.6 Å². The molecule has 196 valence electrons. The van der Waals surface area contributed by atoms with Gasteiger partial charge in [0.1, 0.15) is 5.82 Å². The molecule has 10 heteroatoms. The summed E-state index contributed by atoms with van der Waals surface area (Å²) in [6.45, 7) is 4.83. The lowest BCUT2D eigenvalue weighted by atomic mass is 9.91. The predicted molar refractivity (Wildman–Crippen MR) is 138 cm³/mol. The van der Waals surface area contributed by atoms with E-state index >= 15 is 0 Å². The molecule has 0 aliphatic rings. The number of carbonyl (C=O) groups is 1. The third kappa shape index (κ3) is 6.65. The van der Waals surface area contributed by atoms with Gasteiger partial charge in [0.05, 0.1) is 12.2 Å². The van der Waals surface area contributed by atoms with E-state index in [1.807, 2.05) is 36.2 Å². The quantitative estimate of drug-likeness (QED) is 0.274. The highest BCUT2D eigenvalue weighted by atomic mass is 19.4. The number of hydrogen-bond donors (Lipinski definition) is 3. The topological polar surface area (TPSA) is 98.5 Å². The van der Waals surface area contributed by atoms with E-state index in [0.29, 0.717) is 29.8 Å². The van der Waals surface area contributed by atoms with Crippen LogP contribution in [-0.4, -0.2) is 49.1 Å². The molecule has 0 amide bonds. The number of nitrogens with one attached hydrogen (secondary N) is 2. The van der Waals surface area contributed by atoms with Crippen molar-refractivity contribution in [2.75, 3.05) is 37.5 Å². The molecule has 2 aromatic carbocycles. The van der Waals surface area contributed by atoms with E-state index in [4.69, 9.17) is 10.1 Å². The fourth-order valence-corrected chi connectivity index (χ4v) is 3.70. The number of aromatic carboxylic acids is 1. The Bertz CT molecular complexity index is 1270. The molecule has 3 rings (SSSR count). The number of rotatable bonds is 10. The number of halogens is 3. The van der Waals surface area contributed by atoms with Gasteiger partial charge in [-0.05, 0) is 53.4 Å². The van der Waals surface area contributed by atoms with Crippen molar-refractivity contribution in [3.05, 3.63) is 71.4 Å². The Labute approximate surface area is 213 Å². The molecular weight excluding hydrogens is 485 g/mol. The van der Waals surface area contributed by atoms with Gasteiger partial charge in [0.15, 0.2) is 5.69 Å². The first-order chi connectivity index (χ1) is 17.4. The van der Waals surface area contributed by atoms with Crippen molar-refractivity contribution in [1.29, 1.82) is 5.41 Å². The van der Waals surface area contributed by atoms with E-state index in [-0.39, 0.29) is 28.8 Å². The first kappa shape index (κ1) is 27.7. The smallest absolute Gasteiger partial charge is 0.416 e. The molecule has 7 nitrogen and oxygen atoms in total. The molecule has 0 saturated carbocycles. The number of methoxy groups -OCH3 is 1. The van der Waals surface area contributed by atoms with Crippen LogP contribution in [-0.2, 0) is 10.9 Å². The molecule has 37 heavy (non-hydrogen) atoms. The van der Waals surface area contributed by atoms with Gasteiger partial charge in [-0.25, -0.2) is 9.78 Å². The summed E-state index contributed by atoms with van der Waals surface area (Å²) >= 11 is 0. The number of ether oxygens (including phenoxy) is 1. The summed E-state index contributed by atoms with van der Waals surface area (Å²) in [6, 6.07) is 13.3. The van der Waals surface area contributed by atoms with E-state index in [1.54, 1.807) is 21.0 Å². The molecule has 0 bridgehead atoms. The molecule has 3 N–H and O–H groups in total. The lowest BCUT2D eigenvalue weighted by Crippen LogP contribution is -2.21. The summed E-state index contributed by atoms with van der Waals surface area (Å²) in [5, 5.41) is 21.3. The van der Waals surface area contributed by atoms with Gasteiger partial charge in [-0.2, -0.15) is 13.2 Å². The van der Waals surface area contributed by atoms with Crippen molar-refractivity contribution in [3.8, 4) is 11.1 Å². The molecule has 0 unspecified atom stereocenters. The van der Waals surface area contributed by atoms with Gasteiger partial charge in [-0.3, -0.25) is 0 Å². The second-order valence-corrected chi connectivity index (χ2v) is 8.82. The monoisotopic (exact) mass is 514 g/mol. The van der Waals surface area contributed by atoms with Gasteiger partial charge in [-0.15, -0.1) is 0 Å². The van der Waals surface area contributed by atoms with Crippen LogP contribution in [0.4, 0.5) is 30.4 Å². The first-order valence-corrected chi connectivity index (χ1v) is 11.5. The van der Waals surface area contributed by atoms with Gasteiger partial charge >= 0.3 is 12.1 Å². The number of anilines is 3. The van der Waals surface area contributed by atoms with Crippen LogP contribution in [0.25, 0.3) is 11.1 Å². The lowest BCUT2D eigenvalue weighted by molar-refractivity contribution is -0.137. The number of carboxylic acid groups (broad SMARTS) is 1. The van der Waals surface area contributed by atoms with Crippen molar-refractivity contribution in [2.24, 2.45) is 5.92 Å². The summed E-state index contributed by atoms with van der Waals surface area (Å²) in [6.07, 6.45) is -4.55. The van der Waals surface area contributed by atoms with Crippen LogP contribution in [0.5, 0.6) is 0 Å². The molecule has 1 aromatic heterocycles. The van der Waals surface area contributed by atoms with Crippen molar-refractivity contribution in [2.45, 2.75) is 20.0 Å². The normalized spacial score (nSPS) is 11.5. The first-order valence-electron chi connectivity index (χ1n) is 11.5. The second-order valence-electron chi connectivity index (χ2n) is 8.82. The zero-order chi connectivity index (χ0) is 27.3. The summed E-state index contributed by atoms with van der Waals surface area (Å²) in [5.41, 5.74) is 1.38. The van der Waals surface area contributed by atoms with Crippen LogP contribution in [0, 0.1) is 11.3 Å². The minimum atomic E-state index is -4.55. The molecule has 0 spiro atoms. The highest BCUT2D eigenvalue weighted by Gasteiger charge is 2.30. The summed E-state index contributed by atoms with van der Waals surface area (Å²) in [7, 11) is 3.54. The Morgan fingerprint density at radius 2 is 1.84 bits per heavy atom. The largest absolute Gasteiger partial charge is 0.477 e. The molecular formula is C27H29F3N4O3. The Hall–Kier alpha value is -3.92. The summed E-state index contributed by atoms with van der Waals surface area (Å²) < 4.78 is 44.9. The number of carboxylic acids is 1. The molecule has 0 atom stereocenters. The Morgan fingerprint density at radius 3 is 2.41 bits per heavy atom. The lowest BCUT2D eigenvalue weighted by Gasteiger charge is -2.21. The number of hydrogen-bond acceptors (Lipinski definition) is 6. The maximum absolute atomic E-state index is 13.3. The fraction of sp³-hybridized carbons (Fsp3) is 0.296. The average molecular weight is 515 g/mol. The summed E-state index contributed by atoms with van der Waals surface area (Å²) in [4.78, 5) is 18.1. The van der Waals surface area contributed by atoms with Crippen LogP contribution >= 0.6 is 0 Å². The van der Waals surface area contributed by atoms with E-state index in [9.17, 15) is 23.1 Å². The highest BCUT2D eigenvalue weighted by Crippen LogP contribution is 2.35. The number of likely N-dealkylation sites (N-methyl/N-ethyl adjacent to an activating group) is 1. The van der Waals surface area contributed by atoms with E-state index < -0.39 is 17.7 Å². The van der Waals surface area contributed by atoms with Gasteiger partial charge in [-0.1, -0.05) is 32.0 Å². The van der Waals surface area contributed by atoms with Gasteiger partial charge in [0.25, 0.3) is 0 Å². The minimum absolute atomic E-state index is 0.00536. The highest BCUT2D eigenvalue weighted by molar-refractivity contribution is 6.10. The molecule has 0 aliphatic heterocycles. The maximum Gasteiger partial charge on any atom is 0.416 e. The van der Waals surface area contributed by atoms with Crippen molar-refractivity contribution >= 4 is 28.9 Å². The molecule has 0 radical (unpaired) electrons. The minimum Gasteiger partial charge on any atom is -0.477 e. The molecule has 0 aliphatic carbocycles. The molecule has 0 saturated heterocycles. The Balaban J connectivity index is 2.16. The van der Waals surface area contributed by atoms with E-state index in [1.165, 1.54) is 18.2 Å². The van der Waals surface area contributed by atoms with E-state index in [0.717, 1.165) is 17.8 Å². The third-order valence-electron chi connectivity index (χ3n) is 5.79.